The number of sulfone groups is 1. The summed E-state index contributed by atoms with van der Waals surface area (Å²) in [5.41, 5.74) is 2.85. The third-order valence-corrected chi connectivity index (χ3v) is 9.08. The highest BCUT2D eigenvalue weighted by atomic mass is 32.2. The number of benzene rings is 2. The highest BCUT2D eigenvalue weighted by molar-refractivity contribution is 7.91. The highest BCUT2D eigenvalue weighted by Crippen LogP contribution is 2.36. The standard InChI is InChI=1S/C29H31F3N4O6S/c1-3-43(40,41)23-11-6-19(7-12-23)24(17-37)34-27(38)20-8-13-26(33-15-20)36-16-21(14-25(36)28(39)35-42-2)18-4-9-22(10-5-18)29(30,31)32/h4-13,15,21,24-25,37H,3,14,16-17H2,1-2H3,(H,34,38)(H,35,39)/t21?,24-,25-/m0/s1. The molecule has 1 saturated heterocycles. The minimum Gasteiger partial charge on any atom is -0.394 e. The van der Waals surface area contributed by atoms with Crippen LogP contribution in [-0.2, 0) is 25.6 Å². The number of aliphatic hydroxyl groups is 1. The number of aromatic nitrogens is 1. The van der Waals surface area contributed by atoms with E-state index in [2.05, 4.69) is 15.8 Å². The maximum absolute atomic E-state index is 13.0. The van der Waals surface area contributed by atoms with E-state index in [1.54, 1.807) is 11.0 Å². The monoisotopic (exact) mass is 620 g/mol. The number of halogens is 3. The molecule has 0 aliphatic carbocycles. The number of hydroxylamine groups is 1. The van der Waals surface area contributed by atoms with Crippen molar-refractivity contribution < 1.29 is 41.1 Å². The van der Waals surface area contributed by atoms with Crippen molar-refractivity contribution >= 4 is 27.5 Å². The van der Waals surface area contributed by atoms with Crippen LogP contribution in [0.2, 0.25) is 0 Å². The van der Waals surface area contributed by atoms with E-state index >= 15 is 0 Å². The molecule has 0 bridgehead atoms. The predicted octanol–water partition coefficient (Wildman–Crippen LogP) is 3.40. The van der Waals surface area contributed by atoms with Crippen LogP contribution in [0, 0.1) is 0 Å². The molecule has 2 heterocycles. The van der Waals surface area contributed by atoms with Gasteiger partial charge in [-0.05, 0) is 53.9 Å². The lowest BCUT2D eigenvalue weighted by Crippen LogP contribution is -2.43. The zero-order valence-corrected chi connectivity index (χ0v) is 24.2. The first-order valence-electron chi connectivity index (χ1n) is 13.3. The molecule has 3 aromatic rings. The summed E-state index contributed by atoms with van der Waals surface area (Å²) in [4.78, 5) is 36.7. The average molecular weight is 621 g/mol. The molecule has 4 rings (SSSR count). The third kappa shape index (κ3) is 7.32. The van der Waals surface area contributed by atoms with Gasteiger partial charge in [-0.3, -0.25) is 14.4 Å². The molecule has 0 saturated carbocycles. The summed E-state index contributed by atoms with van der Waals surface area (Å²) in [5.74, 6) is -0.956. The Morgan fingerprint density at radius 2 is 1.77 bits per heavy atom. The molecule has 43 heavy (non-hydrogen) atoms. The van der Waals surface area contributed by atoms with Gasteiger partial charge in [-0.15, -0.1) is 0 Å². The lowest BCUT2D eigenvalue weighted by molar-refractivity contribution is -0.137. The van der Waals surface area contributed by atoms with Crippen molar-refractivity contribution in [3.8, 4) is 0 Å². The number of nitrogens with zero attached hydrogens (tertiary/aromatic N) is 2. The molecular weight excluding hydrogens is 589 g/mol. The molecule has 2 amide bonds. The fraction of sp³-hybridized carbons (Fsp3) is 0.345. The van der Waals surface area contributed by atoms with Crippen LogP contribution in [0.15, 0.2) is 71.8 Å². The van der Waals surface area contributed by atoms with Gasteiger partial charge in [0.05, 0.1) is 41.5 Å². The lowest BCUT2D eigenvalue weighted by atomic mass is 9.95. The number of rotatable bonds is 10. The molecule has 3 atom stereocenters. The van der Waals surface area contributed by atoms with E-state index in [9.17, 15) is 36.3 Å². The van der Waals surface area contributed by atoms with Crippen LogP contribution in [0.5, 0.6) is 0 Å². The largest absolute Gasteiger partial charge is 0.416 e. The summed E-state index contributed by atoms with van der Waals surface area (Å²) in [6.45, 7) is 1.38. The van der Waals surface area contributed by atoms with E-state index in [-0.39, 0.29) is 28.7 Å². The number of nitrogens with one attached hydrogen (secondary N) is 2. The van der Waals surface area contributed by atoms with Crippen molar-refractivity contribution in [2.45, 2.75) is 42.4 Å². The lowest BCUT2D eigenvalue weighted by Gasteiger charge is -2.24. The minimum absolute atomic E-state index is 0.0551. The summed E-state index contributed by atoms with van der Waals surface area (Å²) >= 11 is 0. The summed E-state index contributed by atoms with van der Waals surface area (Å²) < 4.78 is 63.2. The van der Waals surface area contributed by atoms with Crippen molar-refractivity contribution in [1.82, 2.24) is 15.8 Å². The number of hydrogen-bond acceptors (Lipinski definition) is 8. The van der Waals surface area contributed by atoms with E-state index in [0.29, 0.717) is 23.4 Å². The second-order valence-electron chi connectivity index (χ2n) is 9.98. The number of carbonyl (C=O) groups is 2. The van der Waals surface area contributed by atoms with E-state index in [1.807, 2.05) is 0 Å². The van der Waals surface area contributed by atoms with Gasteiger partial charge in [0.2, 0.25) is 0 Å². The number of amides is 2. The molecular formula is C29H31F3N4O6S. The molecule has 14 heteroatoms. The number of alkyl halides is 3. The van der Waals surface area contributed by atoms with Crippen molar-refractivity contribution in [3.63, 3.8) is 0 Å². The van der Waals surface area contributed by atoms with Crippen molar-refractivity contribution in [1.29, 1.82) is 0 Å². The van der Waals surface area contributed by atoms with Crippen LogP contribution in [0.1, 0.15) is 52.4 Å². The zero-order chi connectivity index (χ0) is 31.4. The van der Waals surface area contributed by atoms with E-state index in [0.717, 1.165) is 12.1 Å². The Morgan fingerprint density at radius 1 is 1.09 bits per heavy atom. The van der Waals surface area contributed by atoms with Crippen molar-refractivity contribution in [2.75, 3.05) is 30.9 Å². The van der Waals surface area contributed by atoms with Gasteiger partial charge in [-0.25, -0.2) is 18.9 Å². The Balaban J connectivity index is 1.49. The maximum Gasteiger partial charge on any atom is 0.416 e. The van der Waals surface area contributed by atoms with Crippen LogP contribution in [0.3, 0.4) is 0 Å². The molecule has 1 unspecified atom stereocenters. The van der Waals surface area contributed by atoms with E-state index < -0.39 is 52.1 Å². The molecule has 10 nitrogen and oxygen atoms in total. The van der Waals surface area contributed by atoms with Gasteiger partial charge < -0.3 is 15.3 Å². The van der Waals surface area contributed by atoms with Gasteiger partial charge in [0.25, 0.3) is 11.8 Å². The second kappa shape index (κ2) is 13.1. The molecule has 0 radical (unpaired) electrons. The van der Waals surface area contributed by atoms with Gasteiger partial charge in [0.1, 0.15) is 11.9 Å². The Hall–Kier alpha value is -4.01. The first kappa shape index (κ1) is 31.9. The molecule has 2 aromatic carbocycles. The summed E-state index contributed by atoms with van der Waals surface area (Å²) in [7, 11) is -2.11. The smallest absolute Gasteiger partial charge is 0.394 e. The Morgan fingerprint density at radius 3 is 2.30 bits per heavy atom. The topological polar surface area (TPSA) is 138 Å². The van der Waals surface area contributed by atoms with Crippen LogP contribution in [0.25, 0.3) is 0 Å². The highest BCUT2D eigenvalue weighted by Gasteiger charge is 2.39. The first-order valence-corrected chi connectivity index (χ1v) is 15.0. The summed E-state index contributed by atoms with van der Waals surface area (Å²) in [5, 5.41) is 12.6. The predicted molar refractivity (Wildman–Crippen MR) is 151 cm³/mol. The van der Waals surface area contributed by atoms with Crippen LogP contribution in [-0.4, -0.2) is 62.4 Å². The molecule has 1 aliphatic heterocycles. The maximum atomic E-state index is 13.0. The quantitative estimate of drug-likeness (QED) is 0.294. The van der Waals surface area contributed by atoms with Gasteiger partial charge in [0, 0.05) is 18.7 Å². The van der Waals surface area contributed by atoms with Gasteiger partial charge >= 0.3 is 6.18 Å². The molecule has 1 fully saturated rings. The van der Waals surface area contributed by atoms with Gasteiger partial charge in [-0.2, -0.15) is 13.2 Å². The molecule has 0 spiro atoms. The number of pyridine rings is 1. The van der Waals surface area contributed by atoms with Gasteiger partial charge in [-0.1, -0.05) is 31.2 Å². The van der Waals surface area contributed by atoms with Crippen LogP contribution >= 0.6 is 0 Å². The van der Waals surface area contributed by atoms with Gasteiger partial charge in [0.15, 0.2) is 9.84 Å². The van der Waals surface area contributed by atoms with E-state index in [4.69, 9.17) is 4.84 Å². The number of carbonyl (C=O) groups excluding carboxylic acids is 2. The van der Waals surface area contributed by atoms with Crippen LogP contribution in [0.4, 0.5) is 19.0 Å². The van der Waals surface area contributed by atoms with E-state index in [1.165, 1.54) is 62.7 Å². The fourth-order valence-corrected chi connectivity index (χ4v) is 5.82. The normalized spacial score (nSPS) is 17.9. The number of hydrogen-bond donors (Lipinski definition) is 3. The zero-order valence-electron chi connectivity index (χ0n) is 23.3. The third-order valence-electron chi connectivity index (χ3n) is 7.33. The SMILES string of the molecule is CCS(=O)(=O)c1ccc([C@H](CO)NC(=O)c2ccc(N3CC(c4ccc(C(F)(F)F)cc4)C[C@H]3C(=O)NOC)nc2)cc1. The Labute approximate surface area is 246 Å². The van der Waals surface area contributed by atoms with Crippen molar-refractivity contribution in [3.05, 3.63) is 89.1 Å². The molecule has 1 aliphatic rings. The number of anilines is 1. The molecule has 230 valence electrons. The fourth-order valence-electron chi connectivity index (χ4n) is 4.93. The molecule has 3 N–H and O–H groups in total. The van der Waals surface area contributed by atoms with Crippen LogP contribution < -0.4 is 15.7 Å². The summed E-state index contributed by atoms with van der Waals surface area (Å²) in [6, 6.07) is 12.2. The Bertz CT molecular complexity index is 1530. The minimum atomic E-state index is -4.46. The van der Waals surface area contributed by atoms with Crippen molar-refractivity contribution in [2.24, 2.45) is 0 Å². The molecule has 1 aromatic heterocycles. The average Bonchev–Trinajstić information content (AvgIpc) is 3.45. The second-order valence-corrected chi connectivity index (χ2v) is 12.3. The number of aliphatic hydroxyl groups excluding tert-OH is 1. The first-order chi connectivity index (χ1) is 20.4. The summed E-state index contributed by atoms with van der Waals surface area (Å²) in [6.07, 6.45) is -2.85. The Kier molecular flexibility index (Phi) is 9.72.